The molecule has 0 aliphatic rings. The molecule has 0 bridgehead atoms. The van der Waals surface area contributed by atoms with Crippen molar-refractivity contribution in [2.45, 2.75) is 6.04 Å². The fraction of sp³-hybridized carbons (Fsp3) is 0.0417. The molecular formula is C24H16ClNO4. The van der Waals surface area contributed by atoms with Gasteiger partial charge >= 0.3 is 5.63 Å². The molecule has 0 aliphatic heterocycles. The van der Waals surface area contributed by atoms with Gasteiger partial charge in [-0.25, -0.2) is 4.79 Å². The zero-order chi connectivity index (χ0) is 21.1. The van der Waals surface area contributed by atoms with Crippen molar-refractivity contribution in [1.29, 1.82) is 0 Å². The van der Waals surface area contributed by atoms with Crippen LogP contribution in [0.2, 0.25) is 5.02 Å². The lowest BCUT2D eigenvalue weighted by Gasteiger charge is -2.19. The summed E-state index contributed by atoms with van der Waals surface area (Å²) in [4.78, 5) is 38.3. The Hall–Kier alpha value is -3.70. The number of carbonyl (C=O) groups excluding carboxylic acids is 2. The Morgan fingerprint density at radius 3 is 2.23 bits per heavy atom. The van der Waals surface area contributed by atoms with Crippen LogP contribution in [0, 0.1) is 0 Å². The van der Waals surface area contributed by atoms with Crippen LogP contribution in [0.5, 0.6) is 0 Å². The second kappa shape index (κ2) is 8.35. The zero-order valence-corrected chi connectivity index (χ0v) is 16.4. The molecule has 1 aromatic heterocycles. The van der Waals surface area contributed by atoms with Gasteiger partial charge in [-0.2, -0.15) is 0 Å². The van der Waals surface area contributed by atoms with Gasteiger partial charge in [-0.3, -0.25) is 9.59 Å². The van der Waals surface area contributed by atoms with Crippen molar-refractivity contribution in [1.82, 2.24) is 5.32 Å². The lowest BCUT2D eigenvalue weighted by Crippen LogP contribution is -2.34. The molecule has 6 heteroatoms. The molecule has 30 heavy (non-hydrogen) atoms. The highest BCUT2D eigenvalue weighted by Gasteiger charge is 2.25. The third kappa shape index (κ3) is 4.02. The fourth-order valence-electron chi connectivity index (χ4n) is 3.25. The summed E-state index contributed by atoms with van der Waals surface area (Å²) in [7, 11) is 0. The van der Waals surface area contributed by atoms with Gasteiger partial charge in [0.15, 0.2) is 5.78 Å². The van der Waals surface area contributed by atoms with E-state index in [0.717, 1.165) is 6.07 Å². The quantitative estimate of drug-likeness (QED) is 0.374. The Bertz CT molecular complexity index is 1280. The summed E-state index contributed by atoms with van der Waals surface area (Å²) in [5.74, 6) is -0.821. The molecule has 0 radical (unpaired) electrons. The van der Waals surface area contributed by atoms with E-state index in [1.165, 1.54) is 6.07 Å². The Balaban J connectivity index is 1.75. The second-order valence-corrected chi connectivity index (χ2v) is 7.10. The minimum Gasteiger partial charge on any atom is -0.423 e. The number of Topliss-reactive ketones (excluding diaryl/α,β-unsaturated/α-hetero) is 1. The van der Waals surface area contributed by atoms with Crippen molar-refractivity contribution in [3.8, 4) is 0 Å². The number of fused-ring (bicyclic) bond motifs is 1. The summed E-state index contributed by atoms with van der Waals surface area (Å²) in [5.41, 5.74) is 0.733. The molecule has 1 heterocycles. The van der Waals surface area contributed by atoms with Crippen LogP contribution in [0.4, 0.5) is 0 Å². The molecule has 1 unspecified atom stereocenters. The molecule has 0 fully saturated rings. The molecule has 4 rings (SSSR count). The number of carbonyl (C=O) groups is 2. The number of amides is 1. The highest BCUT2D eigenvalue weighted by Crippen LogP contribution is 2.23. The molecule has 3 aromatic carbocycles. The molecule has 1 amide bonds. The molecule has 0 spiro atoms. The molecular weight excluding hydrogens is 402 g/mol. The van der Waals surface area contributed by atoms with E-state index < -0.39 is 17.6 Å². The topological polar surface area (TPSA) is 76.4 Å². The Kier molecular flexibility index (Phi) is 5.46. The van der Waals surface area contributed by atoms with Gasteiger partial charge < -0.3 is 9.73 Å². The highest BCUT2D eigenvalue weighted by molar-refractivity contribution is 6.31. The molecule has 4 aromatic rings. The Morgan fingerprint density at radius 2 is 1.53 bits per heavy atom. The molecule has 148 valence electrons. The van der Waals surface area contributed by atoms with Gasteiger partial charge in [-0.15, -0.1) is 0 Å². The van der Waals surface area contributed by atoms with Gasteiger partial charge in [0.1, 0.15) is 11.6 Å². The molecule has 5 nitrogen and oxygen atoms in total. The van der Waals surface area contributed by atoms with Crippen LogP contribution < -0.4 is 10.9 Å². The summed E-state index contributed by atoms with van der Waals surface area (Å²) >= 11 is 5.97. The number of benzene rings is 3. The van der Waals surface area contributed by atoms with E-state index in [2.05, 4.69) is 5.32 Å². The van der Waals surface area contributed by atoms with Crippen LogP contribution in [0.1, 0.15) is 32.3 Å². The first kappa shape index (κ1) is 19.6. The van der Waals surface area contributed by atoms with E-state index in [4.69, 9.17) is 16.0 Å². The predicted molar refractivity (Wildman–Crippen MR) is 115 cm³/mol. The molecule has 1 atom stereocenters. The van der Waals surface area contributed by atoms with Crippen LogP contribution in [0.25, 0.3) is 11.0 Å². The van der Waals surface area contributed by atoms with Crippen molar-refractivity contribution in [3.05, 3.63) is 117 Å². The SMILES string of the molecule is O=C(NC(C(=O)c1ccccc1)c1ccccc1)c1cc(=O)oc2cc(Cl)ccc12. The highest BCUT2D eigenvalue weighted by atomic mass is 35.5. The van der Waals surface area contributed by atoms with E-state index in [9.17, 15) is 14.4 Å². The first-order valence-electron chi connectivity index (χ1n) is 9.21. The van der Waals surface area contributed by atoms with Gasteiger partial charge in [0.05, 0.1) is 5.56 Å². The standard InChI is InChI=1S/C24H16ClNO4/c25-17-11-12-18-19(14-21(27)30-20(18)13-17)24(29)26-22(15-7-3-1-4-8-15)23(28)16-9-5-2-6-10-16/h1-14,22H,(H,26,29). The lowest BCUT2D eigenvalue weighted by atomic mass is 9.97. The van der Waals surface area contributed by atoms with Crippen molar-refractivity contribution in [3.63, 3.8) is 0 Å². The monoisotopic (exact) mass is 417 g/mol. The van der Waals surface area contributed by atoms with Crippen LogP contribution in [0.15, 0.2) is 94.1 Å². The fourth-order valence-corrected chi connectivity index (χ4v) is 3.41. The van der Waals surface area contributed by atoms with Crippen LogP contribution in [0.3, 0.4) is 0 Å². The van der Waals surface area contributed by atoms with Crippen molar-refractivity contribution < 1.29 is 14.0 Å². The first-order chi connectivity index (χ1) is 14.5. The van der Waals surface area contributed by atoms with Gasteiger partial charge in [0.2, 0.25) is 0 Å². The van der Waals surface area contributed by atoms with Crippen molar-refractivity contribution in [2.24, 2.45) is 0 Å². The maximum Gasteiger partial charge on any atom is 0.337 e. The number of nitrogens with one attached hydrogen (secondary N) is 1. The minimum absolute atomic E-state index is 0.111. The molecule has 0 saturated heterocycles. The van der Waals surface area contributed by atoms with Crippen LogP contribution >= 0.6 is 11.6 Å². The Labute approximate surface area is 176 Å². The van der Waals surface area contributed by atoms with Gasteiger partial charge in [-0.1, -0.05) is 72.3 Å². The summed E-state index contributed by atoms with van der Waals surface area (Å²) < 4.78 is 5.15. The molecule has 0 aliphatic carbocycles. The van der Waals surface area contributed by atoms with Crippen LogP contribution in [-0.4, -0.2) is 11.7 Å². The van der Waals surface area contributed by atoms with Crippen molar-refractivity contribution in [2.75, 3.05) is 0 Å². The molecule has 1 N–H and O–H groups in total. The third-order valence-corrected chi connectivity index (χ3v) is 4.92. The number of hydrogen-bond donors (Lipinski definition) is 1. The van der Waals surface area contributed by atoms with Crippen LogP contribution in [-0.2, 0) is 0 Å². The molecule has 0 saturated carbocycles. The van der Waals surface area contributed by atoms with Gasteiger partial charge in [0, 0.05) is 28.1 Å². The minimum atomic E-state index is -0.921. The maximum absolute atomic E-state index is 13.2. The second-order valence-electron chi connectivity index (χ2n) is 6.67. The number of rotatable bonds is 5. The van der Waals surface area contributed by atoms with E-state index in [1.54, 1.807) is 60.7 Å². The third-order valence-electron chi connectivity index (χ3n) is 4.68. The summed E-state index contributed by atoms with van der Waals surface area (Å²) in [5, 5.41) is 3.59. The normalized spacial score (nSPS) is 11.8. The average molecular weight is 418 g/mol. The van der Waals surface area contributed by atoms with E-state index in [1.807, 2.05) is 12.1 Å². The first-order valence-corrected chi connectivity index (χ1v) is 9.59. The zero-order valence-electron chi connectivity index (χ0n) is 15.7. The summed E-state index contributed by atoms with van der Waals surface area (Å²) in [6.07, 6.45) is 0. The number of halogens is 1. The number of ketones is 1. The smallest absolute Gasteiger partial charge is 0.337 e. The largest absolute Gasteiger partial charge is 0.423 e. The summed E-state index contributed by atoms with van der Waals surface area (Å²) in [6, 6.07) is 22.5. The van der Waals surface area contributed by atoms with E-state index in [-0.39, 0.29) is 16.9 Å². The van der Waals surface area contributed by atoms with Gasteiger partial charge in [-0.05, 0) is 17.7 Å². The maximum atomic E-state index is 13.2. The van der Waals surface area contributed by atoms with E-state index in [0.29, 0.717) is 21.5 Å². The summed E-state index contributed by atoms with van der Waals surface area (Å²) in [6.45, 7) is 0. The Morgan fingerprint density at radius 1 is 0.867 bits per heavy atom. The predicted octanol–water partition coefficient (Wildman–Crippen LogP) is 4.80. The lowest BCUT2D eigenvalue weighted by molar-refractivity contribution is 0.0857. The average Bonchev–Trinajstić information content (AvgIpc) is 2.77. The van der Waals surface area contributed by atoms with E-state index >= 15 is 0 Å². The van der Waals surface area contributed by atoms with Gasteiger partial charge in [0.25, 0.3) is 5.91 Å². The number of hydrogen-bond acceptors (Lipinski definition) is 4. The van der Waals surface area contributed by atoms with Crippen molar-refractivity contribution >= 4 is 34.3 Å².